The third kappa shape index (κ3) is 4.27. The molecular weight excluding hydrogens is 350 g/mol. The molecule has 0 bridgehead atoms. The van der Waals surface area contributed by atoms with Crippen LogP contribution in [0.4, 0.5) is 5.69 Å². The fourth-order valence-corrected chi connectivity index (χ4v) is 3.52. The number of primary amides is 1. The van der Waals surface area contributed by atoms with E-state index in [1.807, 2.05) is 0 Å². The van der Waals surface area contributed by atoms with Crippen molar-refractivity contribution in [1.29, 1.82) is 0 Å². The Morgan fingerprint density at radius 3 is 2.63 bits per heavy atom. The molecule has 0 radical (unpaired) electrons. The molecule has 0 unspecified atom stereocenters. The van der Waals surface area contributed by atoms with E-state index in [1.165, 1.54) is 4.90 Å². The summed E-state index contributed by atoms with van der Waals surface area (Å²) in [6, 6.07) is 6.71. The van der Waals surface area contributed by atoms with E-state index in [1.54, 1.807) is 29.2 Å². The maximum Gasteiger partial charge on any atom is 0.340 e. The summed E-state index contributed by atoms with van der Waals surface area (Å²) in [6.07, 6.45) is 2.55. The molecule has 1 aromatic carbocycles. The Balaban J connectivity index is 1.62. The highest BCUT2D eigenvalue weighted by atomic mass is 16.5. The number of piperidine rings is 1. The molecular formula is C19H23N3O5. The van der Waals surface area contributed by atoms with Crippen LogP contribution >= 0.6 is 0 Å². The number of anilines is 1. The average molecular weight is 373 g/mol. The monoisotopic (exact) mass is 373 g/mol. The van der Waals surface area contributed by atoms with Gasteiger partial charge in [0, 0.05) is 26.1 Å². The Morgan fingerprint density at radius 1 is 1.15 bits per heavy atom. The normalized spacial score (nSPS) is 19.9. The minimum absolute atomic E-state index is 0.0304. The molecule has 0 saturated carbocycles. The molecule has 2 aliphatic heterocycles. The van der Waals surface area contributed by atoms with E-state index in [0.29, 0.717) is 38.0 Å². The van der Waals surface area contributed by atoms with Gasteiger partial charge in [0.25, 0.3) is 5.91 Å². The third-order valence-corrected chi connectivity index (χ3v) is 4.99. The first kappa shape index (κ1) is 18.9. The van der Waals surface area contributed by atoms with Crippen LogP contribution in [0, 0.1) is 5.92 Å². The number of carbonyl (C=O) groups is 4. The molecule has 2 N–H and O–H groups in total. The van der Waals surface area contributed by atoms with Crippen molar-refractivity contribution in [1.82, 2.24) is 4.90 Å². The summed E-state index contributed by atoms with van der Waals surface area (Å²) in [6.45, 7) is 0.917. The van der Waals surface area contributed by atoms with E-state index in [-0.39, 0.29) is 29.8 Å². The van der Waals surface area contributed by atoms with E-state index in [2.05, 4.69) is 0 Å². The van der Waals surface area contributed by atoms with Crippen LogP contribution in [-0.2, 0) is 19.1 Å². The molecule has 3 rings (SSSR count). The zero-order valence-electron chi connectivity index (χ0n) is 15.1. The minimum atomic E-state index is -0.651. The van der Waals surface area contributed by atoms with Crippen molar-refractivity contribution in [2.75, 3.05) is 31.1 Å². The topological polar surface area (TPSA) is 110 Å². The van der Waals surface area contributed by atoms with Crippen LogP contribution in [0.25, 0.3) is 0 Å². The van der Waals surface area contributed by atoms with Gasteiger partial charge in [-0.05, 0) is 31.4 Å². The van der Waals surface area contributed by atoms with Crippen LogP contribution in [0.15, 0.2) is 24.3 Å². The van der Waals surface area contributed by atoms with Gasteiger partial charge in [-0.3, -0.25) is 14.4 Å². The summed E-state index contributed by atoms with van der Waals surface area (Å²) in [5.74, 6) is -1.82. The number of hydrogen-bond donors (Lipinski definition) is 1. The van der Waals surface area contributed by atoms with Gasteiger partial charge < -0.3 is 20.3 Å². The van der Waals surface area contributed by atoms with Crippen molar-refractivity contribution in [2.24, 2.45) is 11.7 Å². The van der Waals surface area contributed by atoms with Crippen LogP contribution in [0.1, 0.15) is 36.0 Å². The Hall–Kier alpha value is -2.90. The molecule has 144 valence electrons. The average Bonchev–Trinajstić information content (AvgIpc) is 3.11. The lowest BCUT2D eigenvalue weighted by Gasteiger charge is -2.31. The van der Waals surface area contributed by atoms with Crippen molar-refractivity contribution in [3.8, 4) is 0 Å². The zero-order chi connectivity index (χ0) is 19.4. The number of amides is 3. The Kier molecular flexibility index (Phi) is 5.73. The molecule has 2 saturated heterocycles. The molecule has 2 heterocycles. The Bertz CT molecular complexity index is 763. The number of esters is 1. The summed E-state index contributed by atoms with van der Waals surface area (Å²) in [5, 5.41) is 0. The molecule has 3 amide bonds. The number of nitrogens with two attached hydrogens (primary N) is 1. The lowest BCUT2D eigenvalue weighted by molar-refractivity contribution is -0.137. The number of carbonyl (C=O) groups excluding carboxylic acids is 4. The summed E-state index contributed by atoms with van der Waals surface area (Å²) < 4.78 is 5.19. The van der Waals surface area contributed by atoms with Gasteiger partial charge in [-0.1, -0.05) is 12.1 Å². The predicted octanol–water partition coefficient (Wildman–Crippen LogP) is 0.694. The molecule has 0 aromatic heterocycles. The smallest absolute Gasteiger partial charge is 0.340 e. The molecule has 8 heteroatoms. The van der Waals surface area contributed by atoms with Gasteiger partial charge in [0.2, 0.25) is 11.8 Å². The lowest BCUT2D eigenvalue weighted by atomic mass is 9.97. The molecule has 8 nitrogen and oxygen atoms in total. The number of rotatable bonds is 5. The van der Waals surface area contributed by atoms with E-state index in [4.69, 9.17) is 10.5 Å². The fraction of sp³-hybridized carbons (Fsp3) is 0.474. The van der Waals surface area contributed by atoms with Gasteiger partial charge in [-0.15, -0.1) is 0 Å². The first-order valence-corrected chi connectivity index (χ1v) is 9.11. The quantitative estimate of drug-likeness (QED) is 0.764. The SMILES string of the molecule is NC(=O)[C@@H]1CCCN(C(=O)COC(=O)c2ccccc2N2CCCC2=O)C1. The number of hydrogen-bond acceptors (Lipinski definition) is 5. The summed E-state index contributed by atoms with van der Waals surface area (Å²) in [5.41, 5.74) is 6.08. The largest absolute Gasteiger partial charge is 0.452 e. The molecule has 1 atom stereocenters. The van der Waals surface area contributed by atoms with E-state index in [9.17, 15) is 19.2 Å². The standard InChI is InChI=1S/C19H23N3O5/c20-18(25)13-5-3-9-21(11-13)17(24)12-27-19(26)14-6-1-2-7-15(14)22-10-4-8-16(22)23/h1-2,6-7,13H,3-5,8-12H2,(H2,20,25)/t13-/m1/s1. The highest BCUT2D eigenvalue weighted by molar-refractivity contribution is 6.03. The number of nitrogens with zero attached hydrogens (tertiary/aromatic N) is 2. The summed E-state index contributed by atoms with van der Waals surface area (Å²) >= 11 is 0. The van der Waals surface area contributed by atoms with Crippen LogP contribution in [-0.4, -0.2) is 54.8 Å². The Labute approximate surface area is 157 Å². The first-order valence-electron chi connectivity index (χ1n) is 9.11. The number of benzene rings is 1. The van der Waals surface area contributed by atoms with Crippen molar-refractivity contribution in [3.63, 3.8) is 0 Å². The van der Waals surface area contributed by atoms with Crippen LogP contribution in [0.3, 0.4) is 0 Å². The van der Waals surface area contributed by atoms with Gasteiger partial charge >= 0.3 is 5.97 Å². The predicted molar refractivity (Wildman–Crippen MR) is 96.8 cm³/mol. The van der Waals surface area contributed by atoms with Crippen LogP contribution in [0.5, 0.6) is 0 Å². The maximum absolute atomic E-state index is 12.5. The summed E-state index contributed by atoms with van der Waals surface area (Å²) in [4.78, 5) is 51.2. The van der Waals surface area contributed by atoms with E-state index >= 15 is 0 Å². The van der Waals surface area contributed by atoms with Crippen molar-refractivity contribution < 1.29 is 23.9 Å². The van der Waals surface area contributed by atoms with E-state index in [0.717, 1.165) is 6.42 Å². The van der Waals surface area contributed by atoms with Gasteiger partial charge in [-0.2, -0.15) is 0 Å². The van der Waals surface area contributed by atoms with Gasteiger partial charge in [-0.25, -0.2) is 4.79 Å². The molecule has 27 heavy (non-hydrogen) atoms. The van der Waals surface area contributed by atoms with Gasteiger partial charge in [0.15, 0.2) is 6.61 Å². The molecule has 2 aliphatic rings. The van der Waals surface area contributed by atoms with Crippen molar-refractivity contribution in [2.45, 2.75) is 25.7 Å². The number of likely N-dealkylation sites (tertiary alicyclic amines) is 1. The zero-order valence-corrected chi connectivity index (χ0v) is 15.1. The molecule has 0 spiro atoms. The second-order valence-corrected chi connectivity index (χ2v) is 6.82. The molecule has 1 aromatic rings. The Morgan fingerprint density at radius 2 is 1.93 bits per heavy atom. The highest BCUT2D eigenvalue weighted by Crippen LogP contribution is 2.26. The first-order chi connectivity index (χ1) is 13.0. The van der Waals surface area contributed by atoms with Crippen LogP contribution < -0.4 is 10.6 Å². The molecule has 2 fully saturated rings. The number of ether oxygens (including phenoxy) is 1. The van der Waals surface area contributed by atoms with Crippen molar-refractivity contribution in [3.05, 3.63) is 29.8 Å². The highest BCUT2D eigenvalue weighted by Gasteiger charge is 2.29. The minimum Gasteiger partial charge on any atom is -0.452 e. The van der Waals surface area contributed by atoms with E-state index < -0.39 is 18.5 Å². The van der Waals surface area contributed by atoms with Gasteiger partial charge in [0.05, 0.1) is 17.2 Å². The van der Waals surface area contributed by atoms with Crippen LogP contribution in [0.2, 0.25) is 0 Å². The van der Waals surface area contributed by atoms with Gasteiger partial charge in [0.1, 0.15) is 0 Å². The maximum atomic E-state index is 12.5. The second kappa shape index (κ2) is 8.20. The lowest BCUT2D eigenvalue weighted by Crippen LogP contribution is -2.45. The fourth-order valence-electron chi connectivity index (χ4n) is 3.52. The second-order valence-electron chi connectivity index (χ2n) is 6.82. The third-order valence-electron chi connectivity index (χ3n) is 4.99. The number of para-hydroxylation sites is 1. The summed E-state index contributed by atoms with van der Waals surface area (Å²) in [7, 11) is 0. The molecule has 0 aliphatic carbocycles. The van der Waals surface area contributed by atoms with Crippen molar-refractivity contribution >= 4 is 29.4 Å².